The molecule has 0 fully saturated rings. The number of rotatable bonds is 3. The van der Waals surface area contributed by atoms with E-state index in [-0.39, 0.29) is 15.1 Å². The molecule has 1 amide bonds. The van der Waals surface area contributed by atoms with Gasteiger partial charge in [0.25, 0.3) is 15.0 Å². The monoisotopic (exact) mass is 381 g/mol. The highest BCUT2D eigenvalue weighted by Gasteiger charge is 2.16. The predicted octanol–water partition coefficient (Wildman–Crippen LogP) is 2.48. The number of benzene rings is 1. The lowest BCUT2D eigenvalue weighted by Gasteiger charge is -2.05. The molecular weight excluding hydrogens is 378 g/mol. The van der Waals surface area contributed by atoms with Gasteiger partial charge in [-0.3, -0.25) is 4.79 Å². The summed E-state index contributed by atoms with van der Waals surface area (Å²) in [7, 11) is 1.41. The van der Waals surface area contributed by atoms with Crippen LogP contribution in [0.4, 0.5) is 5.69 Å². The minimum absolute atomic E-state index is 0.0671. The van der Waals surface area contributed by atoms with Gasteiger partial charge in [0.05, 0.1) is 4.90 Å². The Kier molecular flexibility index (Phi) is 4.19. The van der Waals surface area contributed by atoms with Crippen LogP contribution >= 0.6 is 38.1 Å². The summed E-state index contributed by atoms with van der Waals surface area (Å²) in [5.74, 6) is -0.429. The number of hydrogen-bond donors (Lipinski definition) is 1. The van der Waals surface area contributed by atoms with E-state index in [1.807, 2.05) is 0 Å². The summed E-state index contributed by atoms with van der Waals surface area (Å²) in [4.78, 5) is 11.6. The number of carbonyl (C=O) groups is 1. The van der Waals surface area contributed by atoms with Crippen LogP contribution in [0, 0.1) is 0 Å². The minimum Gasteiger partial charge on any atom is -0.321 e. The first-order chi connectivity index (χ1) is 8.88. The smallest absolute Gasteiger partial charge is 0.277 e. The molecule has 6 nitrogen and oxygen atoms in total. The maximum Gasteiger partial charge on any atom is 0.277 e. The van der Waals surface area contributed by atoms with Crippen LogP contribution in [-0.4, -0.2) is 23.9 Å². The number of amides is 1. The van der Waals surface area contributed by atoms with Gasteiger partial charge in [0.15, 0.2) is 5.69 Å². The second-order valence-corrected chi connectivity index (χ2v) is 7.33. The van der Waals surface area contributed by atoms with Gasteiger partial charge < -0.3 is 5.32 Å². The van der Waals surface area contributed by atoms with E-state index >= 15 is 0 Å². The van der Waals surface area contributed by atoms with Gasteiger partial charge in [-0.2, -0.15) is 0 Å². The molecule has 1 aromatic heterocycles. The molecular formula is C9H5BrClN3O3S2. The number of hydrogen-bond acceptors (Lipinski definition) is 6. The standard InChI is InChI=1S/C9H5BrClN3O3S2/c10-6-3-5(1-2-8(6)19(11,16)17)12-9(15)7-4-18-14-13-7/h1-4H,(H,12,15). The lowest BCUT2D eigenvalue weighted by molar-refractivity contribution is 0.102. The quantitative estimate of drug-likeness (QED) is 0.824. The van der Waals surface area contributed by atoms with Crippen molar-refractivity contribution in [3.05, 3.63) is 33.7 Å². The lowest BCUT2D eigenvalue weighted by atomic mass is 10.3. The Morgan fingerprint density at radius 3 is 2.68 bits per heavy atom. The molecule has 1 aromatic carbocycles. The van der Waals surface area contributed by atoms with Crippen LogP contribution in [0.15, 0.2) is 32.9 Å². The molecule has 0 aliphatic heterocycles. The highest BCUT2D eigenvalue weighted by molar-refractivity contribution is 9.10. The van der Waals surface area contributed by atoms with Gasteiger partial charge in [-0.1, -0.05) is 4.49 Å². The van der Waals surface area contributed by atoms with Crippen molar-refractivity contribution in [3.63, 3.8) is 0 Å². The van der Waals surface area contributed by atoms with E-state index in [0.717, 1.165) is 11.5 Å². The molecule has 0 spiro atoms. The number of nitrogens with one attached hydrogen (secondary N) is 1. The topological polar surface area (TPSA) is 89.0 Å². The predicted molar refractivity (Wildman–Crippen MR) is 75.0 cm³/mol. The molecule has 19 heavy (non-hydrogen) atoms. The van der Waals surface area contributed by atoms with Gasteiger partial charge in [-0.25, -0.2) is 8.42 Å². The molecule has 0 aliphatic carbocycles. The van der Waals surface area contributed by atoms with E-state index in [4.69, 9.17) is 10.7 Å². The molecule has 2 aromatic rings. The van der Waals surface area contributed by atoms with Crippen LogP contribution < -0.4 is 5.32 Å². The van der Waals surface area contributed by atoms with Crippen LogP contribution in [-0.2, 0) is 9.05 Å². The fraction of sp³-hybridized carbons (Fsp3) is 0. The Balaban J connectivity index is 2.24. The SMILES string of the molecule is O=C(Nc1ccc(S(=O)(=O)Cl)c(Br)c1)c1csnn1. The second-order valence-electron chi connectivity index (χ2n) is 3.33. The fourth-order valence-electron chi connectivity index (χ4n) is 1.24. The Hall–Kier alpha value is -1.03. The normalized spacial score (nSPS) is 11.3. The van der Waals surface area contributed by atoms with Gasteiger partial charge in [0, 0.05) is 26.2 Å². The van der Waals surface area contributed by atoms with Crippen LogP contribution in [0.3, 0.4) is 0 Å². The Bertz CT molecular complexity index is 718. The average Bonchev–Trinajstić information content (AvgIpc) is 2.80. The van der Waals surface area contributed by atoms with Crippen molar-refractivity contribution in [2.24, 2.45) is 0 Å². The van der Waals surface area contributed by atoms with Gasteiger partial charge in [-0.15, -0.1) is 5.10 Å². The van der Waals surface area contributed by atoms with Gasteiger partial charge in [0.2, 0.25) is 0 Å². The molecule has 0 saturated carbocycles. The van der Waals surface area contributed by atoms with Gasteiger partial charge in [0.1, 0.15) is 0 Å². The summed E-state index contributed by atoms with van der Waals surface area (Å²) in [6.07, 6.45) is 0. The number of halogens is 2. The van der Waals surface area contributed by atoms with E-state index in [9.17, 15) is 13.2 Å². The van der Waals surface area contributed by atoms with E-state index in [1.165, 1.54) is 23.6 Å². The van der Waals surface area contributed by atoms with Crippen molar-refractivity contribution in [2.45, 2.75) is 4.90 Å². The summed E-state index contributed by atoms with van der Waals surface area (Å²) in [5, 5.41) is 7.68. The first-order valence-corrected chi connectivity index (χ1v) is 8.64. The highest BCUT2D eigenvalue weighted by atomic mass is 79.9. The van der Waals surface area contributed by atoms with Crippen LogP contribution in [0.5, 0.6) is 0 Å². The third-order valence-electron chi connectivity index (χ3n) is 2.05. The largest absolute Gasteiger partial charge is 0.321 e. The molecule has 10 heteroatoms. The van der Waals surface area contributed by atoms with Gasteiger partial charge >= 0.3 is 0 Å². The highest BCUT2D eigenvalue weighted by Crippen LogP contribution is 2.28. The molecule has 1 N–H and O–H groups in total. The maximum atomic E-state index is 11.7. The zero-order chi connectivity index (χ0) is 14.0. The van der Waals surface area contributed by atoms with Crippen LogP contribution in [0.25, 0.3) is 0 Å². The molecule has 1 heterocycles. The van der Waals surface area contributed by atoms with E-state index in [2.05, 4.69) is 30.8 Å². The van der Waals surface area contributed by atoms with Crippen molar-refractivity contribution in [2.75, 3.05) is 5.32 Å². The van der Waals surface area contributed by atoms with Gasteiger partial charge in [-0.05, 0) is 45.7 Å². The van der Waals surface area contributed by atoms with Crippen LogP contribution in [0.1, 0.15) is 10.5 Å². The minimum atomic E-state index is -3.83. The number of aromatic nitrogens is 2. The van der Waals surface area contributed by atoms with E-state index < -0.39 is 15.0 Å². The zero-order valence-corrected chi connectivity index (χ0v) is 13.0. The first kappa shape index (κ1) is 14.4. The third kappa shape index (κ3) is 3.50. The Morgan fingerprint density at radius 1 is 1.42 bits per heavy atom. The lowest BCUT2D eigenvalue weighted by Crippen LogP contribution is -2.12. The zero-order valence-electron chi connectivity index (χ0n) is 9.00. The summed E-state index contributed by atoms with van der Waals surface area (Å²) >= 11 is 4.14. The second kappa shape index (κ2) is 5.53. The third-order valence-corrected chi connectivity index (χ3v) is 4.85. The maximum absolute atomic E-state index is 11.7. The van der Waals surface area contributed by atoms with E-state index in [1.54, 1.807) is 0 Å². The molecule has 100 valence electrons. The molecule has 0 saturated heterocycles. The molecule has 0 radical (unpaired) electrons. The van der Waals surface area contributed by atoms with Crippen molar-refractivity contribution in [1.82, 2.24) is 9.59 Å². The van der Waals surface area contributed by atoms with Crippen LogP contribution in [0.2, 0.25) is 0 Å². The fourth-order valence-corrected chi connectivity index (χ4v) is 3.90. The van der Waals surface area contributed by atoms with Crippen molar-refractivity contribution < 1.29 is 13.2 Å². The summed E-state index contributed by atoms with van der Waals surface area (Å²) < 4.78 is 26.2. The van der Waals surface area contributed by atoms with Crippen molar-refractivity contribution in [1.29, 1.82) is 0 Å². The summed E-state index contributed by atoms with van der Waals surface area (Å²) in [5.41, 5.74) is 0.601. The average molecular weight is 383 g/mol. The van der Waals surface area contributed by atoms with E-state index in [0.29, 0.717) is 5.69 Å². The Morgan fingerprint density at radius 2 is 2.16 bits per heavy atom. The number of nitrogens with zero attached hydrogens (tertiary/aromatic N) is 2. The van der Waals surface area contributed by atoms with Crippen molar-refractivity contribution >= 4 is 58.8 Å². The molecule has 0 bridgehead atoms. The first-order valence-electron chi connectivity index (χ1n) is 4.70. The summed E-state index contributed by atoms with van der Waals surface area (Å²) in [6.45, 7) is 0. The Labute approximate surface area is 125 Å². The molecule has 2 rings (SSSR count). The summed E-state index contributed by atoms with van der Waals surface area (Å²) in [6, 6.07) is 4.16. The molecule has 0 atom stereocenters. The van der Waals surface area contributed by atoms with Crippen molar-refractivity contribution in [3.8, 4) is 0 Å². The number of carbonyl (C=O) groups excluding carboxylic acids is 1. The molecule has 0 aliphatic rings. The number of anilines is 1. The molecule has 0 unspecified atom stereocenters.